The SMILES string of the molecule is N#CCCN(CCC#N)C(=S)Nc1ccc(Cl)c(Cl)c1. The quantitative estimate of drug-likeness (QED) is 0.833. The van der Waals surface area contributed by atoms with Gasteiger partial charge in [-0.15, -0.1) is 0 Å². The van der Waals surface area contributed by atoms with E-state index >= 15 is 0 Å². The van der Waals surface area contributed by atoms with Gasteiger partial charge in [-0.2, -0.15) is 10.5 Å². The number of nitrogens with one attached hydrogen (secondary N) is 1. The third-order valence-corrected chi connectivity index (χ3v) is 3.54. The molecule has 7 heteroatoms. The van der Waals surface area contributed by atoms with Crippen molar-refractivity contribution in [2.24, 2.45) is 0 Å². The van der Waals surface area contributed by atoms with E-state index in [4.69, 9.17) is 45.9 Å². The fourth-order valence-electron chi connectivity index (χ4n) is 1.46. The number of rotatable bonds is 5. The van der Waals surface area contributed by atoms with Crippen LogP contribution in [-0.4, -0.2) is 23.1 Å². The van der Waals surface area contributed by atoms with Crippen LogP contribution in [0.3, 0.4) is 0 Å². The number of hydrogen-bond donors (Lipinski definition) is 1. The first-order valence-electron chi connectivity index (χ1n) is 5.83. The number of benzene rings is 1. The summed E-state index contributed by atoms with van der Waals surface area (Å²) in [5.41, 5.74) is 0.711. The third kappa shape index (κ3) is 5.22. The maximum absolute atomic E-state index is 8.64. The molecule has 4 nitrogen and oxygen atoms in total. The summed E-state index contributed by atoms with van der Waals surface area (Å²) in [5, 5.41) is 21.7. The topological polar surface area (TPSA) is 62.9 Å². The molecule has 1 aromatic rings. The predicted octanol–water partition coefficient (Wildman–Crippen LogP) is 3.82. The van der Waals surface area contributed by atoms with Crippen molar-refractivity contribution in [2.75, 3.05) is 18.4 Å². The van der Waals surface area contributed by atoms with Gasteiger partial charge in [0, 0.05) is 18.8 Å². The number of thiocarbonyl (C=S) groups is 1. The summed E-state index contributed by atoms with van der Waals surface area (Å²) < 4.78 is 0. The lowest BCUT2D eigenvalue weighted by atomic mass is 10.3. The zero-order valence-corrected chi connectivity index (χ0v) is 12.9. The normalized spacial score (nSPS) is 9.40. The van der Waals surface area contributed by atoms with Crippen LogP contribution in [-0.2, 0) is 0 Å². The molecule has 104 valence electrons. The minimum atomic E-state index is 0.342. The fraction of sp³-hybridized carbons (Fsp3) is 0.308. The van der Waals surface area contributed by atoms with E-state index < -0.39 is 0 Å². The van der Waals surface area contributed by atoms with Gasteiger partial charge in [0.05, 0.1) is 35.0 Å². The second-order valence-electron chi connectivity index (χ2n) is 3.86. The number of nitrogens with zero attached hydrogens (tertiary/aromatic N) is 3. The van der Waals surface area contributed by atoms with E-state index in [0.717, 1.165) is 0 Å². The van der Waals surface area contributed by atoms with Crippen LogP contribution in [0.2, 0.25) is 10.0 Å². The van der Waals surface area contributed by atoms with Crippen molar-refractivity contribution in [3.05, 3.63) is 28.2 Å². The van der Waals surface area contributed by atoms with E-state index in [0.29, 0.717) is 46.8 Å². The Morgan fingerprint density at radius 1 is 1.15 bits per heavy atom. The highest BCUT2D eigenvalue weighted by Gasteiger charge is 2.10. The van der Waals surface area contributed by atoms with Gasteiger partial charge in [0.25, 0.3) is 0 Å². The molecular formula is C13H12Cl2N4S. The first-order valence-corrected chi connectivity index (χ1v) is 6.99. The Kier molecular flexibility index (Phi) is 7.11. The van der Waals surface area contributed by atoms with Crippen LogP contribution < -0.4 is 5.32 Å². The molecule has 0 fully saturated rings. The summed E-state index contributed by atoms with van der Waals surface area (Å²) in [6.07, 6.45) is 0.684. The van der Waals surface area contributed by atoms with Gasteiger partial charge in [-0.3, -0.25) is 0 Å². The van der Waals surface area contributed by atoms with Crippen LogP contribution in [0.1, 0.15) is 12.8 Å². The summed E-state index contributed by atoms with van der Waals surface area (Å²) in [6.45, 7) is 0.955. The molecule has 0 saturated heterocycles. The third-order valence-electron chi connectivity index (χ3n) is 2.45. The fourth-order valence-corrected chi connectivity index (χ4v) is 2.06. The van der Waals surface area contributed by atoms with Gasteiger partial charge in [0.1, 0.15) is 0 Å². The first-order chi connectivity index (χ1) is 9.58. The molecule has 0 bridgehead atoms. The zero-order valence-electron chi connectivity index (χ0n) is 10.6. The summed E-state index contributed by atoms with van der Waals surface area (Å²) in [6, 6.07) is 9.22. The van der Waals surface area contributed by atoms with E-state index in [9.17, 15) is 0 Å². The molecule has 0 heterocycles. The molecule has 1 rings (SSSR count). The highest BCUT2D eigenvalue weighted by molar-refractivity contribution is 7.80. The van der Waals surface area contributed by atoms with Crippen LogP contribution in [0, 0.1) is 22.7 Å². The molecular weight excluding hydrogens is 315 g/mol. The standard InChI is InChI=1S/C13H12Cl2N4S/c14-11-4-3-10(9-12(11)15)18-13(20)19(7-1-5-16)8-2-6-17/h3-4,9H,1-2,7-8H2,(H,18,20). The molecule has 0 aliphatic heterocycles. The summed E-state index contributed by atoms with van der Waals surface area (Å²) in [7, 11) is 0. The molecule has 0 unspecified atom stereocenters. The number of anilines is 1. The van der Waals surface area contributed by atoms with E-state index in [1.54, 1.807) is 23.1 Å². The lowest BCUT2D eigenvalue weighted by Crippen LogP contribution is -2.36. The van der Waals surface area contributed by atoms with Crippen molar-refractivity contribution in [1.82, 2.24) is 4.90 Å². The van der Waals surface area contributed by atoms with Crippen LogP contribution in [0.4, 0.5) is 5.69 Å². The van der Waals surface area contributed by atoms with Gasteiger partial charge in [0.2, 0.25) is 0 Å². The molecule has 0 aromatic heterocycles. The molecule has 20 heavy (non-hydrogen) atoms. The van der Waals surface area contributed by atoms with Gasteiger partial charge < -0.3 is 10.2 Å². The lowest BCUT2D eigenvalue weighted by Gasteiger charge is -2.24. The molecule has 0 spiro atoms. The van der Waals surface area contributed by atoms with Crippen LogP contribution >= 0.6 is 35.4 Å². The molecule has 1 aromatic carbocycles. The maximum atomic E-state index is 8.64. The second kappa shape index (κ2) is 8.60. The Labute approximate surface area is 133 Å². The van der Waals surface area contributed by atoms with Gasteiger partial charge in [-0.05, 0) is 30.4 Å². The molecule has 0 radical (unpaired) electrons. The Balaban J connectivity index is 2.71. The average molecular weight is 327 g/mol. The van der Waals surface area contributed by atoms with Crippen molar-refractivity contribution in [3.8, 4) is 12.1 Å². The second-order valence-corrected chi connectivity index (χ2v) is 5.06. The van der Waals surface area contributed by atoms with Crippen molar-refractivity contribution in [3.63, 3.8) is 0 Å². The Bertz CT molecular complexity index is 544. The maximum Gasteiger partial charge on any atom is 0.173 e. The minimum Gasteiger partial charge on any atom is -0.347 e. The van der Waals surface area contributed by atoms with Gasteiger partial charge >= 0.3 is 0 Å². The van der Waals surface area contributed by atoms with Crippen molar-refractivity contribution in [1.29, 1.82) is 10.5 Å². The number of halogens is 2. The predicted molar refractivity (Wildman–Crippen MR) is 84.7 cm³/mol. The van der Waals surface area contributed by atoms with Crippen LogP contribution in [0.15, 0.2) is 18.2 Å². The highest BCUT2D eigenvalue weighted by atomic mass is 35.5. The largest absolute Gasteiger partial charge is 0.347 e. The van der Waals surface area contributed by atoms with Crippen LogP contribution in [0.25, 0.3) is 0 Å². The first kappa shape index (κ1) is 16.5. The van der Waals surface area contributed by atoms with Gasteiger partial charge in [-0.1, -0.05) is 23.2 Å². The van der Waals surface area contributed by atoms with E-state index in [1.807, 2.05) is 0 Å². The summed E-state index contributed by atoms with van der Waals surface area (Å²) in [4.78, 5) is 1.78. The Hall–Kier alpha value is -1.53. The van der Waals surface area contributed by atoms with Crippen LogP contribution in [0.5, 0.6) is 0 Å². The average Bonchev–Trinajstić information content (AvgIpc) is 2.43. The van der Waals surface area contributed by atoms with E-state index in [1.165, 1.54) is 0 Å². The van der Waals surface area contributed by atoms with E-state index in [2.05, 4.69) is 17.5 Å². The van der Waals surface area contributed by atoms with E-state index in [-0.39, 0.29) is 0 Å². The van der Waals surface area contributed by atoms with Gasteiger partial charge in [-0.25, -0.2) is 0 Å². The molecule has 0 saturated carbocycles. The molecule has 0 aliphatic rings. The zero-order chi connectivity index (χ0) is 15.0. The smallest absolute Gasteiger partial charge is 0.173 e. The molecule has 1 N–H and O–H groups in total. The molecule has 0 atom stereocenters. The highest BCUT2D eigenvalue weighted by Crippen LogP contribution is 2.25. The lowest BCUT2D eigenvalue weighted by molar-refractivity contribution is 0.443. The van der Waals surface area contributed by atoms with Crippen molar-refractivity contribution < 1.29 is 0 Å². The number of nitriles is 2. The molecule has 0 amide bonds. The minimum absolute atomic E-state index is 0.342. The summed E-state index contributed by atoms with van der Waals surface area (Å²) >= 11 is 17.1. The number of hydrogen-bond acceptors (Lipinski definition) is 3. The Morgan fingerprint density at radius 2 is 1.75 bits per heavy atom. The van der Waals surface area contributed by atoms with Gasteiger partial charge in [0.15, 0.2) is 5.11 Å². The Morgan fingerprint density at radius 3 is 2.25 bits per heavy atom. The molecule has 0 aliphatic carbocycles. The van der Waals surface area contributed by atoms with Crippen molar-refractivity contribution >= 4 is 46.2 Å². The monoisotopic (exact) mass is 326 g/mol. The summed E-state index contributed by atoms with van der Waals surface area (Å²) in [5.74, 6) is 0. The van der Waals surface area contributed by atoms with Crippen molar-refractivity contribution in [2.45, 2.75) is 12.8 Å².